The summed E-state index contributed by atoms with van der Waals surface area (Å²) in [5.74, 6) is -3.54. The standard InChI is InChI=1S/C8H17NO3.C2HF3O2/c1-2-7(9)6-12-5-3-4-8(10)11;3-2(4,5)1(6)7/h7H,2-6,9H2,1H3,(H,10,11);(H,6,7). The first-order valence-corrected chi connectivity index (χ1v) is 5.46. The normalized spacial score (nSPS) is 12.3. The first kappa shape index (κ1) is 20.0. The molecule has 0 aliphatic rings. The summed E-state index contributed by atoms with van der Waals surface area (Å²) in [5.41, 5.74) is 5.57. The maximum Gasteiger partial charge on any atom is 0.490 e. The smallest absolute Gasteiger partial charge is 0.481 e. The first-order valence-electron chi connectivity index (χ1n) is 5.46. The Labute approximate surface area is 108 Å². The quantitative estimate of drug-likeness (QED) is 0.608. The summed E-state index contributed by atoms with van der Waals surface area (Å²) >= 11 is 0. The number of ether oxygens (including phenoxy) is 1. The van der Waals surface area contributed by atoms with Gasteiger partial charge < -0.3 is 20.7 Å². The Morgan fingerprint density at radius 3 is 2.11 bits per heavy atom. The van der Waals surface area contributed by atoms with Gasteiger partial charge in [-0.25, -0.2) is 4.79 Å². The van der Waals surface area contributed by atoms with E-state index in [0.29, 0.717) is 19.6 Å². The molecule has 0 aliphatic heterocycles. The van der Waals surface area contributed by atoms with Crippen molar-refractivity contribution < 1.29 is 37.7 Å². The number of nitrogens with two attached hydrogens (primary N) is 1. The van der Waals surface area contributed by atoms with Crippen molar-refractivity contribution >= 4 is 11.9 Å². The monoisotopic (exact) mass is 289 g/mol. The Morgan fingerprint density at radius 1 is 1.32 bits per heavy atom. The molecule has 19 heavy (non-hydrogen) atoms. The van der Waals surface area contributed by atoms with Crippen molar-refractivity contribution in [2.45, 2.75) is 38.4 Å². The van der Waals surface area contributed by atoms with Crippen molar-refractivity contribution in [1.82, 2.24) is 0 Å². The maximum absolute atomic E-state index is 10.6. The van der Waals surface area contributed by atoms with Gasteiger partial charge in [-0.05, 0) is 12.8 Å². The minimum Gasteiger partial charge on any atom is -0.481 e. The van der Waals surface area contributed by atoms with Crippen LogP contribution in [0.1, 0.15) is 26.2 Å². The van der Waals surface area contributed by atoms with Crippen LogP contribution in [0.2, 0.25) is 0 Å². The largest absolute Gasteiger partial charge is 0.490 e. The lowest BCUT2D eigenvalue weighted by molar-refractivity contribution is -0.192. The fourth-order valence-electron chi connectivity index (χ4n) is 0.678. The van der Waals surface area contributed by atoms with Gasteiger partial charge in [-0.1, -0.05) is 6.92 Å². The van der Waals surface area contributed by atoms with Crippen LogP contribution in [-0.2, 0) is 14.3 Å². The molecule has 9 heteroatoms. The maximum atomic E-state index is 10.6. The van der Waals surface area contributed by atoms with Crippen molar-refractivity contribution in [1.29, 1.82) is 0 Å². The Morgan fingerprint density at radius 2 is 1.79 bits per heavy atom. The molecule has 0 rings (SSSR count). The summed E-state index contributed by atoms with van der Waals surface area (Å²) in [6.07, 6.45) is -3.47. The minimum absolute atomic E-state index is 0.0785. The third kappa shape index (κ3) is 16.6. The lowest BCUT2D eigenvalue weighted by atomic mass is 10.2. The SMILES string of the molecule is CCC(N)COCCCC(=O)O.O=C(O)C(F)(F)F. The predicted molar refractivity (Wildman–Crippen MR) is 59.6 cm³/mol. The van der Waals surface area contributed by atoms with Crippen LogP contribution in [0.15, 0.2) is 0 Å². The Balaban J connectivity index is 0. The predicted octanol–water partition coefficient (Wildman–Crippen LogP) is 1.24. The zero-order valence-corrected chi connectivity index (χ0v) is 10.4. The molecule has 0 bridgehead atoms. The molecule has 114 valence electrons. The molecule has 0 fully saturated rings. The second-order valence-corrected chi connectivity index (χ2v) is 3.54. The lowest BCUT2D eigenvalue weighted by Gasteiger charge is -2.08. The Bertz CT molecular complexity index is 270. The van der Waals surface area contributed by atoms with Crippen LogP contribution in [0.4, 0.5) is 13.2 Å². The molecule has 1 atom stereocenters. The van der Waals surface area contributed by atoms with E-state index in [0.717, 1.165) is 6.42 Å². The van der Waals surface area contributed by atoms with Gasteiger partial charge in [-0.15, -0.1) is 0 Å². The zero-order chi connectivity index (χ0) is 15.5. The van der Waals surface area contributed by atoms with Crippen LogP contribution >= 0.6 is 0 Å². The lowest BCUT2D eigenvalue weighted by Crippen LogP contribution is -2.25. The molecule has 0 aromatic carbocycles. The number of hydrogen-bond acceptors (Lipinski definition) is 4. The van der Waals surface area contributed by atoms with Crippen LogP contribution in [0, 0.1) is 0 Å². The van der Waals surface area contributed by atoms with Gasteiger partial charge in [0.05, 0.1) is 6.61 Å². The molecule has 0 aromatic heterocycles. The summed E-state index contributed by atoms with van der Waals surface area (Å²) < 4.78 is 36.9. The molecule has 0 amide bonds. The van der Waals surface area contributed by atoms with E-state index in [1.54, 1.807) is 0 Å². The molecular weight excluding hydrogens is 271 g/mol. The average molecular weight is 289 g/mol. The topological polar surface area (TPSA) is 110 Å². The number of carbonyl (C=O) groups is 2. The molecule has 0 radical (unpaired) electrons. The average Bonchev–Trinajstić information content (AvgIpc) is 2.27. The molecule has 0 saturated heterocycles. The van der Waals surface area contributed by atoms with E-state index in [9.17, 15) is 18.0 Å². The van der Waals surface area contributed by atoms with Gasteiger partial charge in [0, 0.05) is 19.1 Å². The molecule has 4 N–H and O–H groups in total. The summed E-state index contributed by atoms with van der Waals surface area (Å²) in [6.45, 7) is 3.00. The van der Waals surface area contributed by atoms with E-state index in [-0.39, 0.29) is 12.5 Å². The third-order valence-corrected chi connectivity index (χ3v) is 1.78. The minimum atomic E-state index is -5.08. The second-order valence-electron chi connectivity index (χ2n) is 3.54. The van der Waals surface area contributed by atoms with Gasteiger partial charge in [0.1, 0.15) is 0 Å². The van der Waals surface area contributed by atoms with Crippen molar-refractivity contribution in [3.8, 4) is 0 Å². The second kappa shape index (κ2) is 10.6. The highest BCUT2D eigenvalue weighted by atomic mass is 19.4. The third-order valence-electron chi connectivity index (χ3n) is 1.78. The van der Waals surface area contributed by atoms with Crippen LogP contribution in [0.3, 0.4) is 0 Å². The van der Waals surface area contributed by atoms with Crippen molar-refractivity contribution in [2.24, 2.45) is 5.73 Å². The highest BCUT2D eigenvalue weighted by molar-refractivity contribution is 5.73. The fraction of sp³-hybridized carbons (Fsp3) is 0.800. The van der Waals surface area contributed by atoms with Crippen molar-refractivity contribution in [3.63, 3.8) is 0 Å². The highest BCUT2D eigenvalue weighted by Crippen LogP contribution is 2.13. The molecule has 0 aliphatic carbocycles. The molecule has 0 aromatic rings. The Kier molecular flexibility index (Phi) is 11.1. The molecule has 0 spiro atoms. The molecule has 1 unspecified atom stereocenters. The number of alkyl halides is 3. The number of carboxylic acid groups (broad SMARTS) is 2. The number of aliphatic carboxylic acids is 2. The molecule has 6 nitrogen and oxygen atoms in total. The number of halogens is 3. The zero-order valence-electron chi connectivity index (χ0n) is 10.4. The number of rotatable bonds is 7. The van der Waals surface area contributed by atoms with Crippen LogP contribution in [0.25, 0.3) is 0 Å². The van der Waals surface area contributed by atoms with E-state index < -0.39 is 18.1 Å². The highest BCUT2D eigenvalue weighted by Gasteiger charge is 2.38. The van der Waals surface area contributed by atoms with E-state index in [2.05, 4.69) is 0 Å². The van der Waals surface area contributed by atoms with Crippen molar-refractivity contribution in [2.75, 3.05) is 13.2 Å². The molecular formula is C10H18F3NO5. The summed E-state index contributed by atoms with van der Waals surface area (Å²) in [6, 6.07) is 0.0785. The summed E-state index contributed by atoms with van der Waals surface area (Å²) in [5, 5.41) is 15.4. The Hall–Kier alpha value is -1.35. The van der Waals surface area contributed by atoms with Gasteiger partial charge in [-0.3, -0.25) is 4.79 Å². The van der Waals surface area contributed by atoms with E-state index >= 15 is 0 Å². The number of hydrogen-bond donors (Lipinski definition) is 3. The first-order chi connectivity index (χ1) is 8.61. The van der Waals surface area contributed by atoms with Crippen LogP contribution in [0.5, 0.6) is 0 Å². The van der Waals surface area contributed by atoms with Gasteiger partial charge >= 0.3 is 18.1 Å². The molecule has 0 heterocycles. The number of carboxylic acids is 2. The van der Waals surface area contributed by atoms with Crippen LogP contribution < -0.4 is 5.73 Å². The van der Waals surface area contributed by atoms with Gasteiger partial charge in [0.25, 0.3) is 0 Å². The van der Waals surface area contributed by atoms with E-state index in [4.69, 9.17) is 25.5 Å². The molecule has 0 saturated carbocycles. The van der Waals surface area contributed by atoms with Gasteiger partial charge in [0.15, 0.2) is 0 Å². The van der Waals surface area contributed by atoms with Gasteiger partial charge in [-0.2, -0.15) is 13.2 Å². The van der Waals surface area contributed by atoms with Crippen molar-refractivity contribution in [3.05, 3.63) is 0 Å². The summed E-state index contributed by atoms with van der Waals surface area (Å²) in [4.78, 5) is 19.0. The summed E-state index contributed by atoms with van der Waals surface area (Å²) in [7, 11) is 0. The van der Waals surface area contributed by atoms with E-state index in [1.807, 2.05) is 6.92 Å². The van der Waals surface area contributed by atoms with Gasteiger partial charge in [0.2, 0.25) is 0 Å². The van der Waals surface area contributed by atoms with Crippen LogP contribution in [-0.4, -0.2) is 47.6 Å². The van der Waals surface area contributed by atoms with E-state index in [1.165, 1.54) is 0 Å². The fourth-order valence-corrected chi connectivity index (χ4v) is 0.678.